The van der Waals surface area contributed by atoms with Crippen molar-refractivity contribution in [1.29, 1.82) is 0 Å². The summed E-state index contributed by atoms with van der Waals surface area (Å²) >= 11 is 0. The number of carbonyl (C=O) groups excluding carboxylic acids is 2. The zero-order valence-corrected chi connectivity index (χ0v) is 15.5. The van der Waals surface area contributed by atoms with Crippen LogP contribution in [0.2, 0.25) is 0 Å². The molecule has 148 valence electrons. The second-order valence-electron chi connectivity index (χ2n) is 6.90. The van der Waals surface area contributed by atoms with E-state index in [1.165, 1.54) is 11.8 Å². The van der Waals surface area contributed by atoms with Gasteiger partial charge in [0.25, 0.3) is 0 Å². The van der Waals surface area contributed by atoms with Crippen LogP contribution in [0.25, 0.3) is 0 Å². The second kappa shape index (κ2) is 9.12. The van der Waals surface area contributed by atoms with Crippen LogP contribution < -0.4 is 5.32 Å². The number of hydrogen-bond donors (Lipinski definition) is 2. The van der Waals surface area contributed by atoms with E-state index in [9.17, 15) is 14.4 Å². The maximum Gasteiger partial charge on any atom is 0.358 e. The van der Waals surface area contributed by atoms with Crippen LogP contribution in [0.4, 0.5) is 0 Å². The second-order valence-corrected chi connectivity index (χ2v) is 6.90. The summed E-state index contributed by atoms with van der Waals surface area (Å²) in [4.78, 5) is 36.8. The smallest absolute Gasteiger partial charge is 0.358 e. The largest absolute Gasteiger partial charge is 0.476 e. The standard InChI is InChI=1S/C19H23N5O4/c25-17(13-24-12-16(19(27)28)21-22-24)20-11-18(26)23-8-6-15(7-9-23)10-14-4-2-1-3-5-14/h1-5,12,15H,6-11,13H2,(H,20,25)(H,27,28). The van der Waals surface area contributed by atoms with Crippen LogP contribution in [0, 0.1) is 5.92 Å². The van der Waals surface area contributed by atoms with Crippen LogP contribution in [-0.4, -0.2) is 62.4 Å². The molecule has 2 N–H and O–H groups in total. The summed E-state index contributed by atoms with van der Waals surface area (Å²) in [5.41, 5.74) is 1.08. The molecule has 2 aromatic rings. The molecule has 0 unspecified atom stereocenters. The molecule has 0 atom stereocenters. The SMILES string of the molecule is O=C(Cn1cc(C(=O)O)nn1)NCC(=O)N1CCC(Cc2ccccc2)CC1. The Kier molecular flexibility index (Phi) is 6.36. The van der Waals surface area contributed by atoms with Crippen molar-refractivity contribution < 1.29 is 19.5 Å². The lowest BCUT2D eigenvalue weighted by atomic mass is 9.90. The molecular weight excluding hydrogens is 362 g/mol. The van der Waals surface area contributed by atoms with Crippen molar-refractivity contribution in [3.05, 3.63) is 47.8 Å². The summed E-state index contributed by atoms with van der Waals surface area (Å²) in [6.45, 7) is 1.11. The number of amides is 2. The van der Waals surface area contributed by atoms with Gasteiger partial charge in [0.05, 0.1) is 12.7 Å². The van der Waals surface area contributed by atoms with E-state index in [1.807, 2.05) is 18.2 Å². The van der Waals surface area contributed by atoms with Gasteiger partial charge in [0.1, 0.15) is 6.54 Å². The number of rotatable bonds is 7. The summed E-state index contributed by atoms with van der Waals surface area (Å²) < 4.78 is 1.12. The molecule has 0 radical (unpaired) electrons. The van der Waals surface area contributed by atoms with Gasteiger partial charge in [0, 0.05) is 13.1 Å². The van der Waals surface area contributed by atoms with Gasteiger partial charge in [-0.2, -0.15) is 0 Å². The van der Waals surface area contributed by atoms with Gasteiger partial charge in [0.15, 0.2) is 5.69 Å². The van der Waals surface area contributed by atoms with Crippen molar-refractivity contribution in [2.45, 2.75) is 25.8 Å². The highest BCUT2D eigenvalue weighted by molar-refractivity contribution is 5.85. The lowest BCUT2D eigenvalue weighted by Gasteiger charge is -2.32. The van der Waals surface area contributed by atoms with Crippen molar-refractivity contribution in [2.24, 2.45) is 5.92 Å². The molecule has 2 amide bonds. The predicted molar refractivity (Wildman–Crippen MR) is 99.4 cm³/mol. The molecule has 1 aromatic carbocycles. The van der Waals surface area contributed by atoms with Crippen LogP contribution in [0.3, 0.4) is 0 Å². The molecule has 1 aliphatic rings. The van der Waals surface area contributed by atoms with Crippen molar-refractivity contribution >= 4 is 17.8 Å². The highest BCUT2D eigenvalue weighted by atomic mass is 16.4. The molecule has 28 heavy (non-hydrogen) atoms. The number of piperidine rings is 1. The Morgan fingerprint density at radius 3 is 2.50 bits per heavy atom. The fourth-order valence-corrected chi connectivity index (χ4v) is 3.30. The van der Waals surface area contributed by atoms with Gasteiger partial charge >= 0.3 is 5.97 Å². The minimum atomic E-state index is -1.21. The van der Waals surface area contributed by atoms with E-state index < -0.39 is 11.9 Å². The highest BCUT2D eigenvalue weighted by Crippen LogP contribution is 2.21. The molecule has 3 rings (SSSR count). The number of likely N-dealkylation sites (tertiary alicyclic amines) is 1. The van der Waals surface area contributed by atoms with Crippen LogP contribution >= 0.6 is 0 Å². The van der Waals surface area contributed by atoms with Gasteiger partial charge in [-0.05, 0) is 30.7 Å². The number of aromatic carboxylic acids is 1. The van der Waals surface area contributed by atoms with Crippen molar-refractivity contribution in [3.8, 4) is 0 Å². The van der Waals surface area contributed by atoms with Crippen LogP contribution in [-0.2, 0) is 22.6 Å². The summed E-state index contributed by atoms with van der Waals surface area (Å²) in [7, 11) is 0. The Balaban J connectivity index is 1.38. The topological polar surface area (TPSA) is 117 Å². The molecule has 2 heterocycles. The van der Waals surface area contributed by atoms with Crippen molar-refractivity contribution in [3.63, 3.8) is 0 Å². The highest BCUT2D eigenvalue weighted by Gasteiger charge is 2.23. The maximum atomic E-state index is 12.3. The predicted octanol–water partition coefficient (Wildman–Crippen LogP) is 0.574. The minimum absolute atomic E-state index is 0.0807. The number of aromatic nitrogens is 3. The molecule has 0 saturated carbocycles. The number of benzene rings is 1. The molecule has 0 spiro atoms. The lowest BCUT2D eigenvalue weighted by Crippen LogP contribution is -2.44. The number of carbonyl (C=O) groups is 3. The number of carboxylic acid groups (broad SMARTS) is 1. The van der Waals surface area contributed by atoms with Gasteiger partial charge in [-0.15, -0.1) is 5.10 Å². The quantitative estimate of drug-likeness (QED) is 0.720. The monoisotopic (exact) mass is 385 g/mol. The van der Waals surface area contributed by atoms with Gasteiger partial charge < -0.3 is 15.3 Å². The zero-order chi connectivity index (χ0) is 19.9. The average molecular weight is 385 g/mol. The van der Waals surface area contributed by atoms with E-state index in [1.54, 1.807) is 4.90 Å². The molecule has 1 saturated heterocycles. The third kappa shape index (κ3) is 5.38. The molecule has 1 aliphatic heterocycles. The number of carboxylic acids is 1. The first-order valence-electron chi connectivity index (χ1n) is 9.23. The fraction of sp³-hybridized carbons (Fsp3) is 0.421. The maximum absolute atomic E-state index is 12.3. The number of nitrogens with zero attached hydrogens (tertiary/aromatic N) is 4. The molecule has 1 fully saturated rings. The van der Waals surface area contributed by atoms with E-state index in [-0.39, 0.29) is 24.7 Å². The van der Waals surface area contributed by atoms with Gasteiger partial charge in [-0.25, -0.2) is 9.48 Å². The van der Waals surface area contributed by atoms with Crippen molar-refractivity contribution in [1.82, 2.24) is 25.2 Å². The van der Waals surface area contributed by atoms with Crippen LogP contribution in [0.1, 0.15) is 28.9 Å². The minimum Gasteiger partial charge on any atom is -0.476 e. The van der Waals surface area contributed by atoms with E-state index in [0.29, 0.717) is 19.0 Å². The van der Waals surface area contributed by atoms with Crippen molar-refractivity contribution in [2.75, 3.05) is 19.6 Å². The van der Waals surface area contributed by atoms with E-state index in [0.717, 1.165) is 23.9 Å². The fourth-order valence-electron chi connectivity index (χ4n) is 3.30. The zero-order valence-electron chi connectivity index (χ0n) is 15.5. The Morgan fingerprint density at radius 2 is 1.86 bits per heavy atom. The van der Waals surface area contributed by atoms with Gasteiger partial charge in [0.2, 0.25) is 11.8 Å². The molecule has 9 heteroatoms. The van der Waals surface area contributed by atoms with Crippen LogP contribution in [0.15, 0.2) is 36.5 Å². The van der Waals surface area contributed by atoms with E-state index in [2.05, 4.69) is 27.8 Å². The Labute approximate surface area is 162 Å². The van der Waals surface area contributed by atoms with E-state index >= 15 is 0 Å². The number of nitrogens with one attached hydrogen (secondary N) is 1. The summed E-state index contributed by atoms with van der Waals surface area (Å²) in [5, 5.41) is 18.3. The van der Waals surface area contributed by atoms with Gasteiger partial charge in [-0.3, -0.25) is 9.59 Å². The molecular formula is C19H23N5O4. The molecule has 0 aliphatic carbocycles. The summed E-state index contributed by atoms with van der Waals surface area (Å²) in [5.74, 6) is -1.18. The lowest BCUT2D eigenvalue weighted by molar-refractivity contribution is -0.134. The Bertz CT molecular complexity index is 828. The van der Waals surface area contributed by atoms with Crippen LogP contribution in [0.5, 0.6) is 0 Å². The Hall–Kier alpha value is -3.23. The molecule has 1 aromatic heterocycles. The number of hydrogen-bond acceptors (Lipinski definition) is 5. The third-order valence-electron chi connectivity index (χ3n) is 4.83. The summed E-state index contributed by atoms with van der Waals surface area (Å²) in [6, 6.07) is 10.3. The first kappa shape index (κ1) is 19.5. The normalized spacial score (nSPS) is 14.6. The van der Waals surface area contributed by atoms with Gasteiger partial charge in [-0.1, -0.05) is 35.5 Å². The summed E-state index contributed by atoms with van der Waals surface area (Å²) in [6.07, 6.45) is 4.09. The Morgan fingerprint density at radius 1 is 1.14 bits per heavy atom. The first-order chi connectivity index (χ1) is 13.5. The third-order valence-corrected chi connectivity index (χ3v) is 4.83. The molecule has 9 nitrogen and oxygen atoms in total. The van der Waals surface area contributed by atoms with E-state index in [4.69, 9.17) is 5.11 Å². The first-order valence-corrected chi connectivity index (χ1v) is 9.23. The molecule has 0 bridgehead atoms. The average Bonchev–Trinajstić information content (AvgIpc) is 3.16.